The van der Waals surface area contributed by atoms with Crippen molar-refractivity contribution in [1.82, 2.24) is 36.8 Å². The van der Waals surface area contributed by atoms with Crippen LogP contribution in [0.4, 0.5) is 0 Å². The minimum Gasteiger partial charge on any atom is -0.480 e. The predicted octanol–water partition coefficient (Wildman–Crippen LogP) is 0.547. The lowest BCUT2D eigenvalue weighted by Crippen LogP contribution is -2.61. The number of Topliss-reactive ketones (excluding diaryl/α,β-unsaturated/α-hetero) is 1. The van der Waals surface area contributed by atoms with Crippen molar-refractivity contribution in [2.75, 3.05) is 13.1 Å². The second-order valence-corrected chi connectivity index (χ2v) is 18.5. The molecule has 1 fully saturated rings. The number of aliphatic carboxylic acids is 1. The zero-order chi connectivity index (χ0) is 49.3. The highest BCUT2D eigenvalue weighted by atomic mass is 16.6. The molecule has 7 amide bonds. The first-order valence-corrected chi connectivity index (χ1v) is 21.7. The van der Waals surface area contributed by atoms with Crippen molar-refractivity contribution in [2.24, 2.45) is 11.8 Å². The van der Waals surface area contributed by atoms with E-state index in [9.17, 15) is 52.7 Å². The van der Waals surface area contributed by atoms with E-state index in [2.05, 4.69) is 26.6 Å². The van der Waals surface area contributed by atoms with Crippen LogP contribution >= 0.6 is 0 Å². The van der Waals surface area contributed by atoms with Crippen molar-refractivity contribution in [3.05, 3.63) is 0 Å². The van der Waals surface area contributed by atoms with E-state index < -0.39 is 131 Å². The van der Waals surface area contributed by atoms with E-state index in [4.69, 9.17) is 14.6 Å². The predicted molar refractivity (Wildman–Crippen MR) is 230 cm³/mol. The third kappa shape index (κ3) is 20.3. The van der Waals surface area contributed by atoms with Gasteiger partial charge < -0.3 is 51.4 Å². The highest BCUT2D eigenvalue weighted by Crippen LogP contribution is 2.22. The summed E-state index contributed by atoms with van der Waals surface area (Å²) in [6.45, 7) is 18.8. The standard InChI is InChI=1S/C43H71N7O14/c1-13-15-26(35(56)40(61)44-22-30(52)53)46-38(59)29-16-14-21-50(29)41(62)34(24(4)5)49-39(60)33(23(2)3)48-37(58)28(18-20-32(55)64-43(10,11)12)47-36(57)27(45-25(6)51)17-19-31(54)63-42(7,8)9/h23-24,26-29,33-34H,13-22H2,1-12H3,(H,44,61)(H,45,51)(H,46,59)(H,47,57)(H,48,58)(H,49,60)(H,52,53)/t26?,27-,28-,29-,33-,34-/m0/s1. The molecule has 1 aliphatic heterocycles. The molecule has 7 N–H and O–H groups in total. The lowest BCUT2D eigenvalue weighted by molar-refractivity contribution is -0.156. The summed E-state index contributed by atoms with van der Waals surface area (Å²) in [4.78, 5) is 144. The number of ether oxygens (including phenoxy) is 2. The molecule has 0 aromatic heterocycles. The average molecular weight is 910 g/mol. The van der Waals surface area contributed by atoms with E-state index in [1.165, 1.54) is 11.8 Å². The molecular weight excluding hydrogens is 839 g/mol. The Morgan fingerprint density at radius 3 is 1.59 bits per heavy atom. The van der Waals surface area contributed by atoms with Crippen LogP contribution in [-0.2, 0) is 62.2 Å². The fourth-order valence-electron chi connectivity index (χ4n) is 6.62. The highest BCUT2D eigenvalue weighted by molar-refractivity contribution is 6.38. The van der Waals surface area contributed by atoms with Gasteiger partial charge in [-0.25, -0.2) is 0 Å². The fourth-order valence-corrected chi connectivity index (χ4v) is 6.62. The van der Waals surface area contributed by atoms with Gasteiger partial charge >= 0.3 is 17.9 Å². The molecule has 1 aliphatic rings. The number of carbonyl (C=O) groups is 11. The summed E-state index contributed by atoms with van der Waals surface area (Å²) in [5, 5.41) is 23.8. The number of carboxylic acids is 1. The SMILES string of the molecule is CCCC(NC(=O)[C@@H]1CCCN1C(=O)[C@@H](NC(=O)[C@@H](NC(=O)[C@H](CCC(=O)OC(C)(C)C)NC(=O)[C@H](CCC(=O)OC(C)(C)C)NC(C)=O)C(C)C)C(C)C)C(=O)C(=O)NCC(=O)O. The van der Waals surface area contributed by atoms with Crippen molar-refractivity contribution >= 4 is 65.0 Å². The number of ketones is 1. The van der Waals surface area contributed by atoms with Gasteiger partial charge in [-0.2, -0.15) is 0 Å². The number of nitrogens with zero attached hydrogens (tertiary/aromatic N) is 1. The second kappa shape index (κ2) is 25.6. The fraction of sp³-hybridized carbons (Fsp3) is 0.744. The Morgan fingerprint density at radius 1 is 0.656 bits per heavy atom. The Hall–Kier alpha value is -5.63. The molecule has 1 saturated heterocycles. The monoisotopic (exact) mass is 910 g/mol. The maximum absolute atomic E-state index is 14.1. The van der Waals surface area contributed by atoms with Gasteiger partial charge in [0.15, 0.2) is 0 Å². The maximum atomic E-state index is 14.1. The normalized spacial score (nSPS) is 16.3. The van der Waals surface area contributed by atoms with Gasteiger partial charge in [0.2, 0.25) is 41.2 Å². The molecular formula is C43H71N7O14. The molecule has 1 unspecified atom stereocenters. The molecule has 362 valence electrons. The van der Waals surface area contributed by atoms with Gasteiger partial charge in [-0.05, 0) is 85.5 Å². The van der Waals surface area contributed by atoms with Gasteiger partial charge in [0.1, 0.15) is 48.0 Å². The smallest absolute Gasteiger partial charge is 0.322 e. The summed E-state index contributed by atoms with van der Waals surface area (Å²) in [7, 11) is 0. The van der Waals surface area contributed by atoms with Gasteiger partial charge in [-0.1, -0.05) is 41.0 Å². The minimum atomic E-state index is -1.45. The van der Waals surface area contributed by atoms with Crippen LogP contribution in [0.3, 0.4) is 0 Å². The number of amides is 7. The van der Waals surface area contributed by atoms with E-state index in [-0.39, 0.29) is 45.1 Å². The average Bonchev–Trinajstić information content (AvgIpc) is 3.66. The van der Waals surface area contributed by atoms with Crippen LogP contribution in [0.5, 0.6) is 0 Å². The Labute approximate surface area is 375 Å². The second-order valence-electron chi connectivity index (χ2n) is 18.5. The summed E-state index contributed by atoms with van der Waals surface area (Å²) in [6.07, 6.45) is -0.0164. The first-order valence-electron chi connectivity index (χ1n) is 21.7. The number of nitrogens with one attached hydrogen (secondary N) is 6. The molecule has 0 aromatic rings. The molecule has 0 bridgehead atoms. The van der Waals surface area contributed by atoms with Crippen LogP contribution in [0.1, 0.15) is 134 Å². The summed E-state index contributed by atoms with van der Waals surface area (Å²) in [6, 6.07) is -7.61. The van der Waals surface area contributed by atoms with Gasteiger partial charge in [0.25, 0.3) is 5.91 Å². The molecule has 6 atom stereocenters. The molecule has 0 saturated carbocycles. The zero-order valence-electron chi connectivity index (χ0n) is 39.4. The number of hydrogen-bond donors (Lipinski definition) is 7. The largest absolute Gasteiger partial charge is 0.480 e. The Morgan fingerprint density at radius 2 is 1.14 bits per heavy atom. The van der Waals surface area contributed by atoms with E-state index >= 15 is 0 Å². The van der Waals surface area contributed by atoms with E-state index in [0.717, 1.165) is 0 Å². The van der Waals surface area contributed by atoms with Crippen molar-refractivity contribution in [3.8, 4) is 0 Å². The van der Waals surface area contributed by atoms with E-state index in [1.807, 2.05) is 5.32 Å². The van der Waals surface area contributed by atoms with Gasteiger partial charge in [0.05, 0.1) is 6.04 Å². The minimum absolute atomic E-state index is 0.0637. The van der Waals surface area contributed by atoms with Crippen molar-refractivity contribution in [2.45, 2.75) is 182 Å². The summed E-state index contributed by atoms with van der Waals surface area (Å²) in [5.74, 6) is -10.5. The third-order valence-corrected chi connectivity index (χ3v) is 9.59. The summed E-state index contributed by atoms with van der Waals surface area (Å²) in [5.41, 5.74) is -1.67. The number of hydrogen-bond acceptors (Lipinski definition) is 13. The van der Waals surface area contributed by atoms with E-state index in [0.29, 0.717) is 12.8 Å². The molecule has 64 heavy (non-hydrogen) atoms. The topological polar surface area (TPSA) is 302 Å². The maximum Gasteiger partial charge on any atom is 0.322 e. The Balaban J connectivity index is 3.35. The number of carbonyl (C=O) groups excluding carboxylic acids is 10. The number of rotatable bonds is 24. The van der Waals surface area contributed by atoms with Gasteiger partial charge in [-0.15, -0.1) is 0 Å². The van der Waals surface area contributed by atoms with Crippen LogP contribution in [0, 0.1) is 11.8 Å². The molecule has 21 nitrogen and oxygen atoms in total. The van der Waals surface area contributed by atoms with Crippen molar-refractivity contribution in [1.29, 1.82) is 0 Å². The van der Waals surface area contributed by atoms with Crippen LogP contribution < -0.4 is 31.9 Å². The van der Waals surface area contributed by atoms with Crippen LogP contribution in [0.15, 0.2) is 0 Å². The van der Waals surface area contributed by atoms with Gasteiger partial charge in [0, 0.05) is 26.3 Å². The Bertz CT molecular complexity index is 1720. The molecule has 1 heterocycles. The zero-order valence-corrected chi connectivity index (χ0v) is 39.4. The van der Waals surface area contributed by atoms with Crippen LogP contribution in [-0.4, -0.2) is 136 Å². The number of likely N-dealkylation sites (tertiary alicyclic amines) is 1. The summed E-state index contributed by atoms with van der Waals surface area (Å²) >= 11 is 0. The molecule has 0 radical (unpaired) electrons. The first kappa shape index (κ1) is 56.4. The van der Waals surface area contributed by atoms with Crippen LogP contribution in [0.2, 0.25) is 0 Å². The molecule has 1 rings (SSSR count). The lowest BCUT2D eigenvalue weighted by atomic mass is 9.98. The van der Waals surface area contributed by atoms with Crippen molar-refractivity contribution in [3.63, 3.8) is 0 Å². The molecule has 0 aromatic carbocycles. The van der Waals surface area contributed by atoms with Gasteiger partial charge in [-0.3, -0.25) is 52.7 Å². The molecule has 0 spiro atoms. The summed E-state index contributed by atoms with van der Waals surface area (Å²) < 4.78 is 10.7. The first-order chi connectivity index (χ1) is 29.5. The quantitative estimate of drug-likeness (QED) is 0.0514. The van der Waals surface area contributed by atoms with E-state index in [1.54, 1.807) is 76.2 Å². The third-order valence-electron chi connectivity index (χ3n) is 9.59. The number of carboxylic acid groups (broad SMARTS) is 1. The van der Waals surface area contributed by atoms with Crippen molar-refractivity contribution < 1.29 is 67.3 Å². The molecule has 0 aliphatic carbocycles. The number of esters is 2. The molecule has 21 heteroatoms. The Kier molecular flexibility index (Phi) is 22.6. The lowest BCUT2D eigenvalue weighted by Gasteiger charge is -2.33. The van der Waals surface area contributed by atoms with Crippen LogP contribution in [0.25, 0.3) is 0 Å². The highest BCUT2D eigenvalue weighted by Gasteiger charge is 2.41.